The van der Waals surface area contributed by atoms with Gasteiger partial charge in [-0.1, -0.05) is 0 Å². The Labute approximate surface area is 106 Å². The van der Waals surface area contributed by atoms with E-state index in [9.17, 15) is 0 Å². The number of furan rings is 1. The lowest BCUT2D eigenvalue weighted by molar-refractivity contribution is 0.0766. The van der Waals surface area contributed by atoms with E-state index in [0.29, 0.717) is 6.10 Å². The third-order valence-electron chi connectivity index (χ3n) is 2.24. The van der Waals surface area contributed by atoms with Gasteiger partial charge in [0.1, 0.15) is 5.76 Å². The van der Waals surface area contributed by atoms with Crippen molar-refractivity contribution < 1.29 is 9.15 Å². The summed E-state index contributed by atoms with van der Waals surface area (Å²) in [5.41, 5.74) is 0. The van der Waals surface area contributed by atoms with E-state index >= 15 is 0 Å². The molecule has 4 heteroatoms. The van der Waals surface area contributed by atoms with Crippen LogP contribution in [0.5, 0.6) is 0 Å². The second-order valence-electron chi connectivity index (χ2n) is 4.09. The largest absolute Gasteiger partial charge is 0.453 e. The Kier molecular flexibility index (Phi) is 6.09. The highest BCUT2D eigenvalue weighted by molar-refractivity contribution is 9.10. The maximum absolute atomic E-state index is 5.46. The summed E-state index contributed by atoms with van der Waals surface area (Å²) >= 11 is 3.29. The topological polar surface area (TPSA) is 34.4 Å². The average molecular weight is 290 g/mol. The summed E-state index contributed by atoms with van der Waals surface area (Å²) in [6, 6.07) is 4.13. The van der Waals surface area contributed by atoms with Crippen LogP contribution in [0.4, 0.5) is 0 Å². The van der Waals surface area contributed by atoms with Crippen LogP contribution in [-0.2, 0) is 4.74 Å². The Balaban J connectivity index is 2.13. The molecule has 0 aliphatic heterocycles. The van der Waals surface area contributed by atoms with Crippen LogP contribution in [0, 0.1) is 0 Å². The van der Waals surface area contributed by atoms with Crippen LogP contribution in [0.1, 0.15) is 39.0 Å². The second kappa shape index (κ2) is 7.09. The fraction of sp³-hybridized carbons (Fsp3) is 0.667. The van der Waals surface area contributed by atoms with Crippen molar-refractivity contribution in [2.45, 2.75) is 39.3 Å². The van der Waals surface area contributed by atoms with Crippen molar-refractivity contribution in [1.29, 1.82) is 0 Å². The number of hydrogen-bond acceptors (Lipinski definition) is 3. The maximum atomic E-state index is 5.46. The minimum absolute atomic E-state index is 0.241. The minimum Gasteiger partial charge on any atom is -0.453 e. The molecule has 0 aliphatic carbocycles. The lowest BCUT2D eigenvalue weighted by atomic mass is 10.2. The van der Waals surface area contributed by atoms with Gasteiger partial charge in [-0.15, -0.1) is 0 Å². The smallest absolute Gasteiger partial charge is 0.169 e. The monoisotopic (exact) mass is 289 g/mol. The number of hydrogen-bond donors (Lipinski definition) is 1. The molecule has 0 aliphatic rings. The fourth-order valence-electron chi connectivity index (χ4n) is 1.37. The van der Waals surface area contributed by atoms with Gasteiger partial charge in [-0.3, -0.25) is 0 Å². The van der Waals surface area contributed by atoms with Crippen LogP contribution < -0.4 is 5.32 Å². The highest BCUT2D eigenvalue weighted by atomic mass is 79.9. The average Bonchev–Trinajstić information content (AvgIpc) is 2.63. The summed E-state index contributed by atoms with van der Waals surface area (Å²) in [6.07, 6.45) is 1.34. The zero-order chi connectivity index (χ0) is 12.0. The minimum atomic E-state index is 0.241. The van der Waals surface area contributed by atoms with E-state index in [-0.39, 0.29) is 6.04 Å². The summed E-state index contributed by atoms with van der Waals surface area (Å²) in [5, 5.41) is 3.39. The van der Waals surface area contributed by atoms with Crippen molar-refractivity contribution >= 4 is 15.9 Å². The van der Waals surface area contributed by atoms with Gasteiger partial charge in [0.2, 0.25) is 0 Å². The molecule has 16 heavy (non-hydrogen) atoms. The van der Waals surface area contributed by atoms with E-state index in [1.807, 2.05) is 12.1 Å². The van der Waals surface area contributed by atoms with E-state index in [4.69, 9.17) is 9.15 Å². The molecule has 1 rings (SSSR count). The quantitative estimate of drug-likeness (QED) is 0.780. The zero-order valence-electron chi connectivity index (χ0n) is 10.1. The molecule has 0 saturated carbocycles. The molecule has 92 valence electrons. The van der Waals surface area contributed by atoms with Gasteiger partial charge >= 0.3 is 0 Å². The first-order valence-corrected chi connectivity index (χ1v) is 6.49. The van der Waals surface area contributed by atoms with Crippen LogP contribution in [0.3, 0.4) is 0 Å². The Morgan fingerprint density at radius 2 is 2.12 bits per heavy atom. The maximum Gasteiger partial charge on any atom is 0.169 e. The third-order valence-corrected chi connectivity index (χ3v) is 2.67. The fourth-order valence-corrected chi connectivity index (χ4v) is 1.69. The van der Waals surface area contributed by atoms with Crippen molar-refractivity contribution in [3.05, 3.63) is 22.6 Å². The normalized spacial score (nSPS) is 13.3. The van der Waals surface area contributed by atoms with Crippen molar-refractivity contribution in [3.8, 4) is 0 Å². The van der Waals surface area contributed by atoms with Crippen molar-refractivity contribution in [3.63, 3.8) is 0 Å². The Morgan fingerprint density at radius 1 is 1.38 bits per heavy atom. The molecule has 0 bridgehead atoms. The van der Waals surface area contributed by atoms with Crippen LogP contribution in [-0.4, -0.2) is 19.3 Å². The van der Waals surface area contributed by atoms with Crippen LogP contribution in [0.25, 0.3) is 0 Å². The van der Waals surface area contributed by atoms with Gasteiger partial charge in [-0.2, -0.15) is 0 Å². The van der Waals surface area contributed by atoms with E-state index < -0.39 is 0 Å². The predicted molar refractivity (Wildman–Crippen MR) is 68.5 cm³/mol. The Morgan fingerprint density at radius 3 is 2.69 bits per heavy atom. The van der Waals surface area contributed by atoms with Crippen LogP contribution in [0.2, 0.25) is 0 Å². The molecule has 1 heterocycles. The number of rotatable bonds is 7. The molecule has 1 N–H and O–H groups in total. The number of ether oxygens (including phenoxy) is 1. The van der Waals surface area contributed by atoms with Crippen molar-refractivity contribution in [1.82, 2.24) is 5.32 Å². The highest BCUT2D eigenvalue weighted by Crippen LogP contribution is 2.19. The van der Waals surface area contributed by atoms with Gasteiger partial charge in [-0.25, -0.2) is 0 Å². The molecular weight excluding hydrogens is 270 g/mol. The van der Waals surface area contributed by atoms with E-state index in [1.165, 1.54) is 0 Å². The molecular formula is C12H20BrNO2. The van der Waals surface area contributed by atoms with Gasteiger partial charge < -0.3 is 14.5 Å². The van der Waals surface area contributed by atoms with E-state index in [0.717, 1.165) is 30.0 Å². The molecule has 1 atom stereocenters. The summed E-state index contributed by atoms with van der Waals surface area (Å²) < 4.78 is 11.7. The summed E-state index contributed by atoms with van der Waals surface area (Å²) in [5.74, 6) is 0.955. The Hall–Kier alpha value is -0.320. The molecule has 0 amide bonds. The molecule has 1 aromatic rings. The molecule has 0 fully saturated rings. The van der Waals surface area contributed by atoms with Crippen LogP contribution >= 0.6 is 15.9 Å². The number of halogens is 1. The lowest BCUT2D eigenvalue weighted by Crippen LogP contribution is -2.21. The summed E-state index contributed by atoms with van der Waals surface area (Å²) in [7, 11) is 0. The van der Waals surface area contributed by atoms with Gasteiger partial charge in [0.05, 0.1) is 12.1 Å². The van der Waals surface area contributed by atoms with E-state index in [2.05, 4.69) is 42.0 Å². The zero-order valence-corrected chi connectivity index (χ0v) is 11.7. The van der Waals surface area contributed by atoms with Crippen LogP contribution in [0.15, 0.2) is 21.2 Å². The summed E-state index contributed by atoms with van der Waals surface area (Å²) in [4.78, 5) is 0. The first-order chi connectivity index (χ1) is 7.59. The Bertz CT molecular complexity index is 299. The molecule has 0 aromatic carbocycles. The third kappa shape index (κ3) is 5.14. The number of nitrogens with one attached hydrogen (secondary N) is 1. The van der Waals surface area contributed by atoms with Crippen molar-refractivity contribution in [2.75, 3.05) is 13.2 Å². The molecule has 1 aromatic heterocycles. The van der Waals surface area contributed by atoms with Gasteiger partial charge in [0.15, 0.2) is 4.67 Å². The molecule has 3 nitrogen and oxygen atoms in total. The van der Waals surface area contributed by atoms with Gasteiger partial charge in [-0.05, 0) is 61.8 Å². The summed E-state index contributed by atoms with van der Waals surface area (Å²) in [6.45, 7) is 7.94. The molecule has 1 unspecified atom stereocenters. The first kappa shape index (κ1) is 13.7. The SMILES string of the molecule is CC(C)OCCCNC(C)c1ccc(Br)o1. The van der Waals surface area contributed by atoms with Crippen molar-refractivity contribution in [2.24, 2.45) is 0 Å². The predicted octanol–water partition coefficient (Wildman–Crippen LogP) is 3.51. The first-order valence-electron chi connectivity index (χ1n) is 5.70. The molecule has 0 radical (unpaired) electrons. The molecule has 0 spiro atoms. The van der Waals surface area contributed by atoms with Gasteiger partial charge in [0.25, 0.3) is 0 Å². The standard InChI is InChI=1S/C12H20BrNO2/c1-9(2)15-8-4-7-14-10(3)11-5-6-12(13)16-11/h5-6,9-10,14H,4,7-8H2,1-3H3. The lowest BCUT2D eigenvalue weighted by Gasteiger charge is -2.12. The van der Waals surface area contributed by atoms with E-state index in [1.54, 1.807) is 0 Å². The molecule has 0 saturated heterocycles. The highest BCUT2D eigenvalue weighted by Gasteiger charge is 2.08. The van der Waals surface area contributed by atoms with Gasteiger partial charge in [0, 0.05) is 6.61 Å². The second-order valence-corrected chi connectivity index (χ2v) is 4.87.